The topological polar surface area (TPSA) is 46.5 Å². The third kappa shape index (κ3) is 2.28. The lowest BCUT2D eigenvalue weighted by atomic mass is 9.94. The molecule has 0 aliphatic rings. The minimum Gasteiger partial charge on any atom is -0.494 e. The van der Waals surface area contributed by atoms with E-state index in [1.807, 2.05) is 13.8 Å². The number of benzene rings is 1. The summed E-state index contributed by atoms with van der Waals surface area (Å²) in [5.41, 5.74) is 3.14. The van der Waals surface area contributed by atoms with Gasteiger partial charge in [0.15, 0.2) is 5.75 Å². The fourth-order valence-corrected chi connectivity index (χ4v) is 3.57. The van der Waals surface area contributed by atoms with Crippen molar-refractivity contribution in [1.82, 2.24) is 0 Å². The van der Waals surface area contributed by atoms with Crippen molar-refractivity contribution in [3.05, 3.63) is 37.5 Å². The van der Waals surface area contributed by atoms with E-state index in [0.29, 0.717) is 21.4 Å². The van der Waals surface area contributed by atoms with E-state index in [4.69, 9.17) is 27.9 Å². The van der Waals surface area contributed by atoms with Gasteiger partial charge in [-0.25, -0.2) is 4.79 Å². The number of carboxylic acids is 1. The van der Waals surface area contributed by atoms with Gasteiger partial charge in [0, 0.05) is 10.9 Å². The molecule has 0 saturated heterocycles. The van der Waals surface area contributed by atoms with Crippen molar-refractivity contribution in [2.75, 3.05) is 7.11 Å². The normalized spacial score (nSPS) is 10.7. The molecule has 1 aromatic carbocycles. The highest BCUT2D eigenvalue weighted by Gasteiger charge is 2.22. The summed E-state index contributed by atoms with van der Waals surface area (Å²) in [6, 6.07) is 0. The van der Waals surface area contributed by atoms with E-state index < -0.39 is 5.97 Å². The number of carbonyl (C=O) groups is 1. The average molecular weight is 331 g/mol. The standard InChI is InChI=1S/C14H12Cl2O3S/c1-6-10(8-4-20-5-9(8)14(17)18)7(2)12(16)13(19-3)11(6)15/h4-5H,1-3H3,(H,17,18). The smallest absolute Gasteiger partial charge is 0.337 e. The van der Waals surface area contributed by atoms with Crippen LogP contribution in [0.5, 0.6) is 5.75 Å². The van der Waals surface area contributed by atoms with Gasteiger partial charge in [-0.2, -0.15) is 11.3 Å². The molecule has 1 heterocycles. The Balaban J connectivity index is 2.82. The van der Waals surface area contributed by atoms with Crippen molar-refractivity contribution in [1.29, 1.82) is 0 Å². The number of rotatable bonds is 3. The molecule has 0 spiro atoms. The zero-order valence-electron chi connectivity index (χ0n) is 11.1. The molecule has 0 radical (unpaired) electrons. The van der Waals surface area contributed by atoms with Crippen LogP contribution in [0.4, 0.5) is 0 Å². The SMILES string of the molecule is COc1c(Cl)c(C)c(-c2cscc2C(=O)O)c(C)c1Cl. The number of hydrogen-bond acceptors (Lipinski definition) is 3. The molecule has 3 nitrogen and oxygen atoms in total. The van der Waals surface area contributed by atoms with Crippen LogP contribution in [-0.4, -0.2) is 18.2 Å². The molecule has 1 aromatic heterocycles. The van der Waals surface area contributed by atoms with Gasteiger partial charge in [0.1, 0.15) is 0 Å². The lowest BCUT2D eigenvalue weighted by Crippen LogP contribution is -2.00. The van der Waals surface area contributed by atoms with Gasteiger partial charge in [-0.05, 0) is 35.9 Å². The lowest BCUT2D eigenvalue weighted by Gasteiger charge is -2.17. The van der Waals surface area contributed by atoms with Crippen molar-refractivity contribution in [2.24, 2.45) is 0 Å². The van der Waals surface area contributed by atoms with Gasteiger partial charge in [0.25, 0.3) is 0 Å². The van der Waals surface area contributed by atoms with Crippen LogP contribution < -0.4 is 4.74 Å². The Hall–Kier alpha value is -1.23. The second kappa shape index (κ2) is 5.64. The Morgan fingerprint density at radius 3 is 2.20 bits per heavy atom. The highest BCUT2D eigenvalue weighted by Crippen LogP contribution is 2.45. The summed E-state index contributed by atoms with van der Waals surface area (Å²) in [6.45, 7) is 3.65. The highest BCUT2D eigenvalue weighted by molar-refractivity contribution is 7.08. The van der Waals surface area contributed by atoms with Crippen LogP contribution in [0.2, 0.25) is 10.0 Å². The maximum Gasteiger partial charge on any atom is 0.337 e. The summed E-state index contributed by atoms with van der Waals surface area (Å²) >= 11 is 13.9. The molecular formula is C14H12Cl2O3S. The van der Waals surface area contributed by atoms with Gasteiger partial charge in [-0.1, -0.05) is 23.2 Å². The maximum absolute atomic E-state index is 11.3. The Labute approximate surface area is 130 Å². The first-order chi connectivity index (χ1) is 9.40. The summed E-state index contributed by atoms with van der Waals surface area (Å²) in [7, 11) is 1.50. The van der Waals surface area contributed by atoms with Gasteiger partial charge in [0.05, 0.1) is 22.7 Å². The first-order valence-corrected chi connectivity index (χ1v) is 7.42. The Bertz CT molecular complexity index is 663. The van der Waals surface area contributed by atoms with Crippen LogP contribution >= 0.6 is 34.5 Å². The average Bonchev–Trinajstić information content (AvgIpc) is 2.87. The van der Waals surface area contributed by atoms with Crippen molar-refractivity contribution < 1.29 is 14.6 Å². The molecule has 106 valence electrons. The number of thiophene rings is 1. The molecule has 0 fully saturated rings. The fourth-order valence-electron chi connectivity index (χ4n) is 2.18. The second-order valence-electron chi connectivity index (χ2n) is 4.29. The molecule has 2 rings (SSSR count). The summed E-state index contributed by atoms with van der Waals surface area (Å²) in [5.74, 6) is -0.553. The molecule has 20 heavy (non-hydrogen) atoms. The highest BCUT2D eigenvalue weighted by atomic mass is 35.5. The van der Waals surface area contributed by atoms with Gasteiger partial charge in [-0.3, -0.25) is 0 Å². The van der Waals surface area contributed by atoms with E-state index in [1.54, 1.807) is 10.8 Å². The van der Waals surface area contributed by atoms with E-state index in [9.17, 15) is 9.90 Å². The van der Waals surface area contributed by atoms with Gasteiger partial charge < -0.3 is 9.84 Å². The molecule has 0 amide bonds. The van der Waals surface area contributed by atoms with Gasteiger partial charge >= 0.3 is 5.97 Å². The zero-order valence-corrected chi connectivity index (χ0v) is 13.4. The Morgan fingerprint density at radius 1 is 1.20 bits per heavy atom. The zero-order chi connectivity index (χ0) is 15.0. The first-order valence-electron chi connectivity index (χ1n) is 5.72. The van der Waals surface area contributed by atoms with Gasteiger partial charge in [0.2, 0.25) is 0 Å². The van der Waals surface area contributed by atoms with Crippen LogP contribution in [0.3, 0.4) is 0 Å². The number of ether oxygens (including phenoxy) is 1. The van der Waals surface area contributed by atoms with Crippen LogP contribution in [-0.2, 0) is 0 Å². The maximum atomic E-state index is 11.3. The molecule has 6 heteroatoms. The fraction of sp³-hybridized carbons (Fsp3) is 0.214. The Kier molecular flexibility index (Phi) is 4.28. The number of aromatic carboxylic acids is 1. The number of carboxylic acid groups (broad SMARTS) is 1. The molecule has 0 bridgehead atoms. The third-order valence-corrected chi connectivity index (χ3v) is 4.83. The van der Waals surface area contributed by atoms with E-state index in [0.717, 1.165) is 16.7 Å². The van der Waals surface area contributed by atoms with E-state index in [1.165, 1.54) is 18.4 Å². The lowest BCUT2D eigenvalue weighted by molar-refractivity contribution is 0.0698. The molecule has 2 aromatic rings. The molecule has 1 N–H and O–H groups in total. The number of halogens is 2. The minimum absolute atomic E-state index is 0.249. The second-order valence-corrected chi connectivity index (χ2v) is 5.79. The molecule has 0 aliphatic heterocycles. The molecule has 0 atom stereocenters. The van der Waals surface area contributed by atoms with Crippen LogP contribution in [0.1, 0.15) is 21.5 Å². The van der Waals surface area contributed by atoms with Crippen molar-refractivity contribution >= 4 is 40.5 Å². The first kappa shape index (κ1) is 15.2. The quantitative estimate of drug-likeness (QED) is 0.856. The van der Waals surface area contributed by atoms with Crippen molar-refractivity contribution in [3.8, 4) is 16.9 Å². The Morgan fingerprint density at radius 2 is 1.75 bits per heavy atom. The largest absolute Gasteiger partial charge is 0.494 e. The molecular weight excluding hydrogens is 319 g/mol. The predicted octanol–water partition coefficient (Wildman–Crippen LogP) is 5.05. The third-order valence-electron chi connectivity index (χ3n) is 3.17. The van der Waals surface area contributed by atoms with Gasteiger partial charge in [-0.15, -0.1) is 0 Å². The van der Waals surface area contributed by atoms with Crippen LogP contribution in [0.25, 0.3) is 11.1 Å². The number of hydrogen-bond donors (Lipinski definition) is 1. The molecule has 0 unspecified atom stereocenters. The van der Waals surface area contributed by atoms with Crippen molar-refractivity contribution in [3.63, 3.8) is 0 Å². The van der Waals surface area contributed by atoms with Crippen LogP contribution in [0, 0.1) is 13.8 Å². The summed E-state index contributed by atoms with van der Waals surface area (Å²) in [5, 5.41) is 13.4. The summed E-state index contributed by atoms with van der Waals surface area (Å²) < 4.78 is 5.21. The predicted molar refractivity (Wildman–Crippen MR) is 82.8 cm³/mol. The molecule has 0 aliphatic carbocycles. The molecule has 0 saturated carbocycles. The monoisotopic (exact) mass is 330 g/mol. The van der Waals surface area contributed by atoms with E-state index in [2.05, 4.69) is 0 Å². The summed E-state index contributed by atoms with van der Waals surface area (Å²) in [4.78, 5) is 11.3. The van der Waals surface area contributed by atoms with Crippen LogP contribution in [0.15, 0.2) is 10.8 Å². The summed E-state index contributed by atoms with van der Waals surface area (Å²) in [6.07, 6.45) is 0. The van der Waals surface area contributed by atoms with Crippen molar-refractivity contribution in [2.45, 2.75) is 13.8 Å². The van der Waals surface area contributed by atoms with E-state index >= 15 is 0 Å². The number of methoxy groups -OCH3 is 1. The minimum atomic E-state index is -0.969. The van der Waals surface area contributed by atoms with E-state index in [-0.39, 0.29) is 5.56 Å².